The van der Waals surface area contributed by atoms with Crippen LogP contribution in [0.1, 0.15) is 0 Å². The van der Waals surface area contributed by atoms with Crippen LogP contribution in [-0.2, 0) is 0 Å². The highest BCUT2D eigenvalue weighted by molar-refractivity contribution is 7.26. The predicted molar refractivity (Wildman–Crippen MR) is 251 cm³/mol. The second-order valence-corrected chi connectivity index (χ2v) is 16.0. The molecule has 0 N–H and O–H groups in total. The highest BCUT2D eigenvalue weighted by atomic mass is 32.1. The van der Waals surface area contributed by atoms with Gasteiger partial charge >= 0.3 is 0 Å². The third-order valence-electron chi connectivity index (χ3n) is 11.5. The molecule has 0 radical (unpaired) electrons. The molecule has 10 aromatic carbocycles. The molecule has 0 saturated heterocycles. The lowest BCUT2D eigenvalue weighted by Crippen LogP contribution is -2.10. The Bertz CT molecular complexity index is 3250. The number of anilines is 3. The van der Waals surface area contributed by atoms with E-state index in [0.29, 0.717) is 0 Å². The topological polar surface area (TPSA) is 3.24 Å². The molecule has 0 saturated carbocycles. The molecule has 11 aromatic rings. The largest absolute Gasteiger partial charge is 0.309 e. The van der Waals surface area contributed by atoms with Gasteiger partial charge in [-0.1, -0.05) is 176 Å². The fourth-order valence-corrected chi connectivity index (χ4v) is 9.81. The Balaban J connectivity index is 1.02. The zero-order chi connectivity index (χ0) is 38.4. The van der Waals surface area contributed by atoms with Crippen LogP contribution in [0.5, 0.6) is 0 Å². The van der Waals surface area contributed by atoms with Crippen LogP contribution in [0.15, 0.2) is 224 Å². The van der Waals surface area contributed by atoms with Crippen LogP contribution in [-0.4, -0.2) is 0 Å². The summed E-state index contributed by atoms with van der Waals surface area (Å²) in [5, 5.41) is 7.58. The van der Waals surface area contributed by atoms with Gasteiger partial charge in [-0.2, -0.15) is 0 Å². The lowest BCUT2D eigenvalue weighted by molar-refractivity contribution is 1.30. The van der Waals surface area contributed by atoms with E-state index in [9.17, 15) is 0 Å². The Kier molecular flexibility index (Phi) is 8.42. The summed E-state index contributed by atoms with van der Waals surface area (Å²) in [6, 6.07) is 81.9. The van der Waals surface area contributed by atoms with Crippen molar-refractivity contribution in [2.45, 2.75) is 0 Å². The van der Waals surface area contributed by atoms with Crippen LogP contribution in [0.25, 0.3) is 86.2 Å². The van der Waals surface area contributed by atoms with E-state index in [-0.39, 0.29) is 0 Å². The summed E-state index contributed by atoms with van der Waals surface area (Å²) >= 11 is 1.87. The van der Waals surface area contributed by atoms with Crippen LogP contribution < -0.4 is 4.90 Å². The number of benzene rings is 10. The zero-order valence-corrected chi connectivity index (χ0v) is 32.5. The summed E-state index contributed by atoms with van der Waals surface area (Å²) in [5.74, 6) is 0. The van der Waals surface area contributed by atoms with Gasteiger partial charge < -0.3 is 4.90 Å². The SMILES string of the molecule is c1ccc(-c2ccc3ccc(-c4ccc(N(c5ccc(-c6cccc7cccc(-c8ccccc8)c67)cc5)c5cccc6c5sc5ccccc56)cc4)cc3c2)cc1. The van der Waals surface area contributed by atoms with E-state index >= 15 is 0 Å². The summed E-state index contributed by atoms with van der Waals surface area (Å²) < 4.78 is 2.58. The van der Waals surface area contributed by atoms with Crippen LogP contribution in [0.4, 0.5) is 17.1 Å². The average Bonchev–Trinajstić information content (AvgIpc) is 3.69. The Morgan fingerprint density at radius 3 is 1.47 bits per heavy atom. The third kappa shape index (κ3) is 6.03. The van der Waals surface area contributed by atoms with Gasteiger partial charge in [0.2, 0.25) is 0 Å². The minimum Gasteiger partial charge on any atom is -0.309 e. The monoisotopic (exact) mass is 755 g/mol. The van der Waals surface area contributed by atoms with Crippen molar-refractivity contribution >= 4 is 70.1 Å². The van der Waals surface area contributed by atoms with Gasteiger partial charge in [0, 0.05) is 26.8 Å². The Hall–Kier alpha value is -7.26. The quantitative estimate of drug-likeness (QED) is 0.157. The van der Waals surface area contributed by atoms with Gasteiger partial charge in [-0.05, 0) is 115 Å². The summed E-state index contributed by atoms with van der Waals surface area (Å²) in [6.07, 6.45) is 0. The average molecular weight is 756 g/mol. The first-order chi connectivity index (χ1) is 28.7. The second kappa shape index (κ2) is 14.4. The van der Waals surface area contributed by atoms with Gasteiger partial charge in [0.1, 0.15) is 0 Å². The maximum Gasteiger partial charge on any atom is 0.0640 e. The van der Waals surface area contributed by atoms with Gasteiger partial charge in [-0.25, -0.2) is 0 Å². The highest BCUT2D eigenvalue weighted by Gasteiger charge is 2.19. The molecule has 0 aliphatic carbocycles. The molecule has 58 heavy (non-hydrogen) atoms. The van der Waals surface area contributed by atoms with Crippen LogP contribution in [0.2, 0.25) is 0 Å². The number of fused-ring (bicyclic) bond motifs is 5. The maximum atomic E-state index is 2.43. The van der Waals surface area contributed by atoms with Crippen molar-refractivity contribution in [1.82, 2.24) is 0 Å². The van der Waals surface area contributed by atoms with E-state index < -0.39 is 0 Å². The summed E-state index contributed by atoms with van der Waals surface area (Å²) in [5.41, 5.74) is 13.2. The smallest absolute Gasteiger partial charge is 0.0640 e. The van der Waals surface area contributed by atoms with E-state index in [1.54, 1.807) is 0 Å². The minimum absolute atomic E-state index is 1.11. The highest BCUT2D eigenvalue weighted by Crippen LogP contribution is 2.46. The van der Waals surface area contributed by atoms with E-state index in [2.05, 4.69) is 229 Å². The summed E-state index contributed by atoms with van der Waals surface area (Å²) in [6.45, 7) is 0. The van der Waals surface area contributed by atoms with Crippen molar-refractivity contribution in [3.63, 3.8) is 0 Å². The van der Waals surface area contributed by atoms with E-state index in [4.69, 9.17) is 0 Å². The molecule has 0 amide bonds. The number of hydrogen-bond acceptors (Lipinski definition) is 2. The van der Waals surface area contributed by atoms with Crippen molar-refractivity contribution in [3.8, 4) is 44.5 Å². The van der Waals surface area contributed by atoms with E-state index in [1.165, 1.54) is 91.9 Å². The van der Waals surface area contributed by atoms with Crippen LogP contribution >= 0.6 is 11.3 Å². The standard InChI is InChI=1S/C56H37NS/c1-3-12-38(13-4-1)44-26-24-40-25-27-45(37-46(40)36-44)39-28-32-47(33-29-39)57(53-22-11-21-52-51-18-7-8-23-54(51)58-56(52)53)48-34-30-42(31-35-48)50-20-10-17-43-16-9-19-49(55(43)50)41-14-5-2-6-15-41/h1-37H. The van der Waals surface area contributed by atoms with Gasteiger partial charge in [-0.3, -0.25) is 0 Å². The molecular weight excluding hydrogens is 719 g/mol. The molecule has 1 heterocycles. The molecule has 0 aliphatic heterocycles. The minimum atomic E-state index is 1.11. The van der Waals surface area contributed by atoms with E-state index in [0.717, 1.165) is 11.4 Å². The second-order valence-electron chi connectivity index (χ2n) is 14.9. The first kappa shape index (κ1) is 34.0. The van der Waals surface area contributed by atoms with Crippen molar-refractivity contribution in [1.29, 1.82) is 0 Å². The zero-order valence-electron chi connectivity index (χ0n) is 31.7. The molecule has 0 atom stereocenters. The van der Waals surface area contributed by atoms with Crippen LogP contribution in [0.3, 0.4) is 0 Å². The van der Waals surface area contributed by atoms with Gasteiger partial charge in [0.05, 0.1) is 10.4 Å². The van der Waals surface area contributed by atoms with Crippen molar-refractivity contribution in [2.24, 2.45) is 0 Å². The summed E-state index contributed by atoms with van der Waals surface area (Å²) in [7, 11) is 0. The van der Waals surface area contributed by atoms with Gasteiger partial charge in [0.25, 0.3) is 0 Å². The molecule has 2 heteroatoms. The molecular formula is C56H37NS. The van der Waals surface area contributed by atoms with Gasteiger partial charge in [0.15, 0.2) is 0 Å². The molecule has 0 spiro atoms. The first-order valence-electron chi connectivity index (χ1n) is 19.8. The van der Waals surface area contributed by atoms with Crippen LogP contribution in [0, 0.1) is 0 Å². The molecule has 0 aliphatic rings. The Morgan fingerprint density at radius 1 is 0.310 bits per heavy atom. The number of thiophene rings is 1. The molecule has 0 bridgehead atoms. The number of hydrogen-bond donors (Lipinski definition) is 0. The van der Waals surface area contributed by atoms with Gasteiger partial charge in [-0.15, -0.1) is 11.3 Å². The first-order valence-corrected chi connectivity index (χ1v) is 20.6. The number of rotatable bonds is 7. The normalized spacial score (nSPS) is 11.4. The predicted octanol–water partition coefficient (Wildman–Crippen LogP) is 16.5. The van der Waals surface area contributed by atoms with Crippen molar-refractivity contribution in [3.05, 3.63) is 224 Å². The number of nitrogens with zero attached hydrogens (tertiary/aromatic N) is 1. The molecule has 1 aromatic heterocycles. The molecule has 0 fully saturated rings. The fraction of sp³-hybridized carbons (Fsp3) is 0. The third-order valence-corrected chi connectivity index (χ3v) is 12.7. The molecule has 0 unspecified atom stereocenters. The fourth-order valence-electron chi connectivity index (χ4n) is 8.60. The van der Waals surface area contributed by atoms with Crippen molar-refractivity contribution < 1.29 is 0 Å². The lowest BCUT2D eigenvalue weighted by atomic mass is 9.91. The molecule has 1 nitrogen and oxygen atoms in total. The Labute approximate surface area is 342 Å². The lowest BCUT2D eigenvalue weighted by Gasteiger charge is -2.26. The molecule has 272 valence electrons. The summed E-state index contributed by atoms with van der Waals surface area (Å²) in [4.78, 5) is 2.43. The van der Waals surface area contributed by atoms with E-state index in [1.807, 2.05) is 11.3 Å². The molecule has 11 rings (SSSR count). The van der Waals surface area contributed by atoms with Crippen molar-refractivity contribution in [2.75, 3.05) is 4.90 Å². The maximum absolute atomic E-state index is 2.43. The Morgan fingerprint density at radius 2 is 0.810 bits per heavy atom.